The van der Waals surface area contributed by atoms with Crippen molar-refractivity contribution in [2.45, 2.75) is 6.92 Å². The summed E-state index contributed by atoms with van der Waals surface area (Å²) in [5, 5.41) is 0.166. The number of halogens is 3. The van der Waals surface area contributed by atoms with Crippen LogP contribution in [0.2, 0.25) is 5.02 Å². The first-order valence-electron chi connectivity index (χ1n) is 4.09. The standard InChI is InChI=1S/C8H6BrCl2NO4S/c1-4-2-5(9)3-6(10)7(4)16-8(13)12-17(11,14)15/h2-3H,1H3,(H,12,13). The maximum atomic E-state index is 11.2. The smallest absolute Gasteiger partial charge is 0.408 e. The van der Waals surface area contributed by atoms with Crippen molar-refractivity contribution < 1.29 is 17.9 Å². The average Bonchev–Trinajstić information content (AvgIpc) is 2.08. The summed E-state index contributed by atoms with van der Waals surface area (Å²) < 4.78 is 28.0. The highest BCUT2D eigenvalue weighted by Gasteiger charge is 2.16. The number of carbonyl (C=O) groups is 1. The molecular formula is C8H6BrCl2NO4S. The van der Waals surface area contributed by atoms with Gasteiger partial charge in [-0.3, -0.25) is 0 Å². The number of aryl methyl sites for hydroxylation is 1. The van der Waals surface area contributed by atoms with E-state index < -0.39 is 15.3 Å². The molecule has 1 aromatic rings. The minimum Gasteiger partial charge on any atom is -0.408 e. The molecule has 5 nitrogen and oxygen atoms in total. The van der Waals surface area contributed by atoms with Crippen molar-refractivity contribution in [2.24, 2.45) is 0 Å². The van der Waals surface area contributed by atoms with Crippen LogP contribution in [0.3, 0.4) is 0 Å². The second-order valence-electron chi connectivity index (χ2n) is 2.96. The molecule has 0 fully saturated rings. The van der Waals surface area contributed by atoms with Gasteiger partial charge in [-0.25, -0.2) is 9.52 Å². The lowest BCUT2D eigenvalue weighted by Crippen LogP contribution is -2.29. The van der Waals surface area contributed by atoms with Gasteiger partial charge in [-0.05, 0) is 24.6 Å². The summed E-state index contributed by atoms with van der Waals surface area (Å²) in [4.78, 5) is 11.2. The Labute approximate surface area is 116 Å². The zero-order valence-corrected chi connectivity index (χ0v) is 12.2. The summed E-state index contributed by atoms with van der Waals surface area (Å²) in [6.45, 7) is 1.65. The first kappa shape index (κ1) is 14.6. The number of hydrogen-bond acceptors (Lipinski definition) is 4. The second-order valence-corrected chi connectivity index (χ2v) is 6.58. The number of ether oxygens (including phenoxy) is 1. The lowest BCUT2D eigenvalue weighted by molar-refractivity contribution is 0.206. The Kier molecular flexibility index (Phi) is 4.65. The van der Waals surface area contributed by atoms with Crippen LogP contribution in [-0.2, 0) is 9.24 Å². The first-order chi connectivity index (χ1) is 7.69. The zero-order valence-electron chi connectivity index (χ0n) is 8.33. The van der Waals surface area contributed by atoms with Crippen molar-refractivity contribution in [2.75, 3.05) is 0 Å². The van der Waals surface area contributed by atoms with Crippen LogP contribution in [0, 0.1) is 6.92 Å². The van der Waals surface area contributed by atoms with Gasteiger partial charge in [0.05, 0.1) is 5.02 Å². The highest BCUT2D eigenvalue weighted by molar-refractivity contribution is 9.10. The molecule has 0 spiro atoms. The second kappa shape index (κ2) is 5.43. The SMILES string of the molecule is Cc1cc(Br)cc(Cl)c1OC(=O)NS(=O)(=O)Cl. The fraction of sp³-hybridized carbons (Fsp3) is 0.125. The van der Waals surface area contributed by atoms with Crippen LogP contribution in [-0.4, -0.2) is 14.5 Å². The molecule has 1 amide bonds. The van der Waals surface area contributed by atoms with Gasteiger partial charge in [-0.15, -0.1) is 0 Å². The molecule has 0 aromatic heterocycles. The van der Waals surface area contributed by atoms with Crippen LogP contribution in [0.5, 0.6) is 5.75 Å². The van der Waals surface area contributed by atoms with Crippen molar-refractivity contribution in [3.05, 3.63) is 27.2 Å². The summed E-state index contributed by atoms with van der Waals surface area (Å²) >= 11 is 9.04. The van der Waals surface area contributed by atoms with E-state index in [0.29, 0.717) is 10.0 Å². The number of amides is 1. The van der Waals surface area contributed by atoms with E-state index >= 15 is 0 Å². The number of hydrogen-bond donors (Lipinski definition) is 1. The number of benzene rings is 1. The van der Waals surface area contributed by atoms with Crippen LogP contribution < -0.4 is 9.46 Å². The predicted octanol–water partition coefficient (Wildman–Crippen LogP) is 2.98. The molecule has 94 valence electrons. The summed E-state index contributed by atoms with van der Waals surface area (Å²) in [5.74, 6) is 0.0627. The average molecular weight is 363 g/mol. The van der Waals surface area contributed by atoms with E-state index in [-0.39, 0.29) is 10.8 Å². The predicted molar refractivity (Wildman–Crippen MR) is 67.8 cm³/mol. The highest BCUT2D eigenvalue weighted by Crippen LogP contribution is 2.32. The molecule has 0 bridgehead atoms. The molecule has 1 aromatic carbocycles. The molecule has 0 unspecified atom stereocenters. The maximum absolute atomic E-state index is 11.2. The molecule has 1 rings (SSSR count). The monoisotopic (exact) mass is 361 g/mol. The minimum atomic E-state index is -4.18. The third-order valence-corrected chi connectivity index (χ3v) is 2.97. The van der Waals surface area contributed by atoms with E-state index in [1.165, 1.54) is 10.8 Å². The number of nitrogens with one attached hydrogen (secondary N) is 1. The van der Waals surface area contributed by atoms with E-state index in [2.05, 4.69) is 15.9 Å². The molecule has 9 heteroatoms. The minimum absolute atomic E-state index is 0.0627. The third kappa shape index (κ3) is 4.71. The Morgan fingerprint density at radius 2 is 2.06 bits per heavy atom. The quantitative estimate of drug-likeness (QED) is 0.821. The van der Waals surface area contributed by atoms with E-state index in [9.17, 15) is 13.2 Å². The Morgan fingerprint density at radius 1 is 1.47 bits per heavy atom. The van der Waals surface area contributed by atoms with Crippen LogP contribution in [0.1, 0.15) is 5.56 Å². The van der Waals surface area contributed by atoms with Crippen molar-refractivity contribution in [3.63, 3.8) is 0 Å². The number of rotatable bonds is 2. The zero-order chi connectivity index (χ0) is 13.2. The van der Waals surface area contributed by atoms with Crippen molar-refractivity contribution in [3.8, 4) is 5.75 Å². The van der Waals surface area contributed by atoms with Crippen LogP contribution >= 0.6 is 38.2 Å². The molecule has 0 atom stereocenters. The van der Waals surface area contributed by atoms with E-state index in [0.717, 1.165) is 0 Å². The van der Waals surface area contributed by atoms with E-state index in [1.807, 2.05) is 0 Å². The van der Waals surface area contributed by atoms with Crippen LogP contribution in [0.4, 0.5) is 4.79 Å². The van der Waals surface area contributed by atoms with Crippen molar-refractivity contribution in [1.82, 2.24) is 4.72 Å². The molecule has 0 saturated heterocycles. The Hall–Kier alpha value is -0.500. The van der Waals surface area contributed by atoms with Crippen molar-refractivity contribution >= 4 is 53.5 Å². The van der Waals surface area contributed by atoms with Gasteiger partial charge < -0.3 is 4.74 Å². The summed E-state index contributed by atoms with van der Waals surface area (Å²) in [6, 6.07) is 3.16. The molecule has 0 aliphatic rings. The van der Waals surface area contributed by atoms with Gasteiger partial charge in [0.15, 0.2) is 5.75 Å². The topological polar surface area (TPSA) is 72.5 Å². The molecule has 0 aliphatic heterocycles. The van der Waals surface area contributed by atoms with Gasteiger partial charge >= 0.3 is 15.3 Å². The largest absolute Gasteiger partial charge is 0.427 e. The molecule has 17 heavy (non-hydrogen) atoms. The molecule has 0 aliphatic carbocycles. The Bertz CT molecular complexity index is 538. The van der Waals surface area contributed by atoms with Gasteiger partial charge in [0.25, 0.3) is 0 Å². The number of carbonyl (C=O) groups excluding carboxylic acids is 1. The van der Waals surface area contributed by atoms with Gasteiger partial charge in [0.2, 0.25) is 0 Å². The van der Waals surface area contributed by atoms with E-state index in [4.69, 9.17) is 27.0 Å². The van der Waals surface area contributed by atoms with Gasteiger partial charge in [-0.2, -0.15) is 8.42 Å². The molecule has 0 heterocycles. The lowest BCUT2D eigenvalue weighted by Gasteiger charge is -2.09. The van der Waals surface area contributed by atoms with Crippen molar-refractivity contribution in [1.29, 1.82) is 0 Å². The van der Waals surface area contributed by atoms with Gasteiger partial charge in [-0.1, -0.05) is 27.5 Å². The van der Waals surface area contributed by atoms with E-state index in [1.54, 1.807) is 13.0 Å². The highest BCUT2D eigenvalue weighted by atomic mass is 79.9. The third-order valence-electron chi connectivity index (χ3n) is 1.59. The summed E-state index contributed by atoms with van der Waals surface area (Å²) in [5.41, 5.74) is 0.562. The summed E-state index contributed by atoms with van der Waals surface area (Å²) in [6.07, 6.45) is -1.23. The summed E-state index contributed by atoms with van der Waals surface area (Å²) in [7, 11) is 0.637. The fourth-order valence-electron chi connectivity index (χ4n) is 1.03. The fourth-order valence-corrected chi connectivity index (χ4v) is 2.47. The normalized spacial score (nSPS) is 11.1. The first-order valence-corrected chi connectivity index (χ1v) is 7.57. The Balaban J connectivity index is 2.93. The molecular weight excluding hydrogens is 357 g/mol. The molecule has 0 radical (unpaired) electrons. The maximum Gasteiger partial charge on any atom is 0.427 e. The van der Waals surface area contributed by atoms with Gasteiger partial charge in [0, 0.05) is 15.2 Å². The lowest BCUT2D eigenvalue weighted by atomic mass is 10.2. The Morgan fingerprint density at radius 3 is 2.53 bits per heavy atom. The molecule has 0 saturated carbocycles. The molecule has 1 N–H and O–H groups in total. The van der Waals surface area contributed by atoms with Crippen LogP contribution in [0.15, 0.2) is 16.6 Å². The van der Waals surface area contributed by atoms with Crippen LogP contribution in [0.25, 0.3) is 0 Å². The van der Waals surface area contributed by atoms with Gasteiger partial charge in [0.1, 0.15) is 0 Å².